The SMILES string of the molecule is NC(=O)c1cccc(SC(F)F)c1. The highest BCUT2D eigenvalue weighted by Crippen LogP contribution is 2.25. The molecule has 0 aliphatic carbocycles. The zero-order valence-corrected chi connectivity index (χ0v) is 7.35. The van der Waals surface area contributed by atoms with Crippen molar-refractivity contribution in [3.63, 3.8) is 0 Å². The van der Waals surface area contributed by atoms with Crippen LogP contribution in [0.2, 0.25) is 0 Å². The summed E-state index contributed by atoms with van der Waals surface area (Å²) in [5.41, 5.74) is 5.22. The maximum atomic E-state index is 11.9. The highest BCUT2D eigenvalue weighted by Gasteiger charge is 2.06. The molecule has 0 saturated carbocycles. The fraction of sp³-hybridized carbons (Fsp3) is 0.125. The van der Waals surface area contributed by atoms with Gasteiger partial charge in [0.2, 0.25) is 5.91 Å². The van der Waals surface area contributed by atoms with E-state index in [0.29, 0.717) is 16.7 Å². The van der Waals surface area contributed by atoms with Gasteiger partial charge in [0.15, 0.2) is 0 Å². The van der Waals surface area contributed by atoms with Gasteiger partial charge < -0.3 is 5.73 Å². The first-order chi connectivity index (χ1) is 6.09. The van der Waals surface area contributed by atoms with Crippen LogP contribution < -0.4 is 5.73 Å². The highest BCUT2D eigenvalue weighted by molar-refractivity contribution is 7.99. The molecule has 2 N–H and O–H groups in total. The Labute approximate surface area is 78.1 Å². The molecule has 5 heteroatoms. The number of hydrogen-bond acceptors (Lipinski definition) is 2. The quantitative estimate of drug-likeness (QED) is 0.764. The summed E-state index contributed by atoms with van der Waals surface area (Å²) in [6, 6.07) is 5.85. The van der Waals surface area contributed by atoms with Crippen molar-refractivity contribution in [2.75, 3.05) is 0 Å². The van der Waals surface area contributed by atoms with Crippen molar-refractivity contribution in [1.82, 2.24) is 0 Å². The van der Waals surface area contributed by atoms with Gasteiger partial charge in [0, 0.05) is 10.5 Å². The Balaban J connectivity index is 2.85. The molecule has 0 saturated heterocycles. The summed E-state index contributed by atoms with van der Waals surface area (Å²) in [4.78, 5) is 11.0. The molecule has 0 unspecified atom stereocenters. The first-order valence-corrected chi connectivity index (χ1v) is 4.32. The van der Waals surface area contributed by atoms with Crippen LogP contribution in [-0.2, 0) is 0 Å². The minimum absolute atomic E-state index is 0.241. The second-order valence-electron chi connectivity index (χ2n) is 2.27. The lowest BCUT2D eigenvalue weighted by Gasteiger charge is -2.00. The summed E-state index contributed by atoms with van der Waals surface area (Å²) in [5, 5.41) is 0. The van der Waals surface area contributed by atoms with Gasteiger partial charge in [0.1, 0.15) is 0 Å². The molecule has 13 heavy (non-hydrogen) atoms. The number of thioether (sulfide) groups is 1. The molecule has 0 heterocycles. The standard InChI is InChI=1S/C8H7F2NOS/c9-8(10)13-6-3-1-2-5(4-6)7(11)12/h1-4,8H,(H2,11,12). The number of rotatable bonds is 3. The smallest absolute Gasteiger partial charge is 0.288 e. The Morgan fingerprint density at radius 1 is 1.46 bits per heavy atom. The first-order valence-electron chi connectivity index (χ1n) is 3.44. The molecule has 0 aromatic heterocycles. The van der Waals surface area contributed by atoms with E-state index in [2.05, 4.69) is 0 Å². The monoisotopic (exact) mass is 203 g/mol. The van der Waals surface area contributed by atoms with Crippen LogP contribution in [0, 0.1) is 0 Å². The van der Waals surface area contributed by atoms with E-state index in [4.69, 9.17) is 5.73 Å². The van der Waals surface area contributed by atoms with E-state index in [1.54, 1.807) is 0 Å². The van der Waals surface area contributed by atoms with Crippen molar-refractivity contribution in [2.45, 2.75) is 10.7 Å². The molecule has 1 aromatic carbocycles. The second-order valence-corrected chi connectivity index (χ2v) is 3.33. The van der Waals surface area contributed by atoms with Gasteiger partial charge in [-0.3, -0.25) is 4.79 Å². The fourth-order valence-corrected chi connectivity index (χ4v) is 1.38. The summed E-state index contributed by atoms with van der Waals surface area (Å²) in [5.74, 6) is -3.10. The fourth-order valence-electron chi connectivity index (χ4n) is 0.826. The number of nitrogens with two attached hydrogens (primary N) is 1. The Morgan fingerprint density at radius 2 is 2.15 bits per heavy atom. The lowest BCUT2D eigenvalue weighted by molar-refractivity contribution is 0.1000. The zero-order valence-electron chi connectivity index (χ0n) is 6.54. The van der Waals surface area contributed by atoms with Crippen LogP contribution in [0.4, 0.5) is 8.78 Å². The molecule has 0 fully saturated rings. The van der Waals surface area contributed by atoms with Gasteiger partial charge in [0.05, 0.1) is 0 Å². The second kappa shape index (κ2) is 4.23. The number of hydrogen-bond donors (Lipinski definition) is 1. The van der Waals surface area contributed by atoms with E-state index >= 15 is 0 Å². The molecule has 0 aliphatic heterocycles. The van der Waals surface area contributed by atoms with E-state index in [9.17, 15) is 13.6 Å². The van der Waals surface area contributed by atoms with Crippen LogP contribution in [0.15, 0.2) is 29.2 Å². The van der Waals surface area contributed by atoms with Gasteiger partial charge >= 0.3 is 0 Å². The third-order valence-electron chi connectivity index (χ3n) is 1.34. The summed E-state index contributed by atoms with van der Waals surface area (Å²) in [6.07, 6.45) is 0. The predicted octanol–water partition coefficient (Wildman–Crippen LogP) is 2.10. The number of amides is 1. The summed E-state index contributed by atoms with van der Waals surface area (Å²) < 4.78 is 23.8. The number of benzene rings is 1. The molecule has 0 spiro atoms. The van der Waals surface area contributed by atoms with Gasteiger partial charge in [-0.15, -0.1) is 0 Å². The molecule has 0 radical (unpaired) electrons. The Hall–Kier alpha value is -1.10. The number of alkyl halides is 2. The minimum atomic E-state index is -2.48. The summed E-state index contributed by atoms with van der Waals surface area (Å²) in [6.45, 7) is 0. The van der Waals surface area contributed by atoms with Crippen molar-refractivity contribution in [1.29, 1.82) is 0 Å². The zero-order chi connectivity index (χ0) is 9.84. The number of primary amides is 1. The van der Waals surface area contributed by atoms with Crippen LogP contribution in [0.3, 0.4) is 0 Å². The molecular formula is C8H7F2NOS. The van der Waals surface area contributed by atoms with E-state index in [1.165, 1.54) is 24.3 Å². The van der Waals surface area contributed by atoms with Gasteiger partial charge in [-0.2, -0.15) is 8.78 Å². The maximum absolute atomic E-state index is 11.9. The molecule has 0 atom stereocenters. The normalized spacial score (nSPS) is 10.4. The Morgan fingerprint density at radius 3 is 2.69 bits per heavy atom. The average molecular weight is 203 g/mol. The largest absolute Gasteiger partial charge is 0.366 e. The molecular weight excluding hydrogens is 196 g/mol. The van der Waals surface area contributed by atoms with Crippen LogP contribution in [0.5, 0.6) is 0 Å². The Kier molecular flexibility index (Phi) is 3.25. The number of halogens is 2. The Bertz CT molecular complexity index is 317. The molecule has 1 rings (SSSR count). The van der Waals surface area contributed by atoms with Crippen molar-refractivity contribution in [3.05, 3.63) is 29.8 Å². The topological polar surface area (TPSA) is 43.1 Å². The van der Waals surface area contributed by atoms with Gasteiger partial charge in [0.25, 0.3) is 5.76 Å². The van der Waals surface area contributed by atoms with Crippen LogP contribution in [-0.4, -0.2) is 11.7 Å². The number of carbonyl (C=O) groups excluding carboxylic acids is 1. The lowest BCUT2D eigenvalue weighted by atomic mass is 10.2. The first kappa shape index (κ1) is 9.98. The van der Waals surface area contributed by atoms with Crippen LogP contribution >= 0.6 is 11.8 Å². The number of carbonyl (C=O) groups is 1. The average Bonchev–Trinajstić information content (AvgIpc) is 2.03. The van der Waals surface area contributed by atoms with E-state index < -0.39 is 11.7 Å². The summed E-state index contributed by atoms with van der Waals surface area (Å²) in [7, 11) is 0. The van der Waals surface area contributed by atoms with E-state index in [-0.39, 0.29) is 5.56 Å². The van der Waals surface area contributed by atoms with Crippen LogP contribution in [0.25, 0.3) is 0 Å². The van der Waals surface area contributed by atoms with Crippen molar-refractivity contribution in [2.24, 2.45) is 5.73 Å². The van der Waals surface area contributed by atoms with Gasteiger partial charge in [-0.1, -0.05) is 17.8 Å². The third kappa shape index (κ3) is 3.02. The third-order valence-corrected chi connectivity index (χ3v) is 2.05. The molecule has 2 nitrogen and oxygen atoms in total. The molecule has 70 valence electrons. The predicted molar refractivity (Wildman–Crippen MR) is 46.8 cm³/mol. The molecule has 1 amide bonds. The minimum Gasteiger partial charge on any atom is -0.366 e. The van der Waals surface area contributed by atoms with E-state index in [1.807, 2.05) is 0 Å². The molecule has 0 aliphatic rings. The highest BCUT2D eigenvalue weighted by atomic mass is 32.2. The van der Waals surface area contributed by atoms with Crippen molar-refractivity contribution in [3.8, 4) is 0 Å². The molecule has 0 bridgehead atoms. The summed E-state index contributed by atoms with van der Waals surface area (Å²) >= 11 is 0.389. The lowest BCUT2D eigenvalue weighted by Crippen LogP contribution is -2.10. The van der Waals surface area contributed by atoms with Crippen molar-refractivity contribution >= 4 is 17.7 Å². The maximum Gasteiger partial charge on any atom is 0.288 e. The van der Waals surface area contributed by atoms with E-state index in [0.717, 1.165) is 0 Å². The molecule has 1 aromatic rings. The van der Waals surface area contributed by atoms with Crippen molar-refractivity contribution < 1.29 is 13.6 Å². The van der Waals surface area contributed by atoms with Gasteiger partial charge in [-0.25, -0.2) is 0 Å². The van der Waals surface area contributed by atoms with Gasteiger partial charge in [-0.05, 0) is 18.2 Å². The van der Waals surface area contributed by atoms with Crippen LogP contribution in [0.1, 0.15) is 10.4 Å².